The Labute approximate surface area is 101 Å². The van der Waals surface area contributed by atoms with Gasteiger partial charge in [-0.3, -0.25) is 4.79 Å². The van der Waals surface area contributed by atoms with Crippen molar-refractivity contribution in [2.24, 2.45) is 0 Å². The number of halogens is 3. The fourth-order valence-electron chi connectivity index (χ4n) is 1.57. The molecule has 1 aromatic heterocycles. The van der Waals surface area contributed by atoms with Crippen LogP contribution in [-0.2, 0) is 6.42 Å². The molecule has 0 spiro atoms. The predicted molar refractivity (Wildman–Crippen MR) is 57.8 cm³/mol. The van der Waals surface area contributed by atoms with Crippen LogP contribution in [0, 0.1) is 17.5 Å². The van der Waals surface area contributed by atoms with Gasteiger partial charge in [0.1, 0.15) is 23.2 Å². The maximum Gasteiger partial charge on any atom is 0.234 e. The minimum absolute atomic E-state index is 0.170. The number of rotatable bonds is 3. The van der Waals surface area contributed by atoms with Crippen LogP contribution in [-0.4, -0.2) is 5.78 Å². The minimum Gasteiger partial charge on any atom is -0.458 e. The lowest BCUT2D eigenvalue weighted by atomic mass is 10.1. The lowest BCUT2D eigenvalue weighted by Crippen LogP contribution is -2.07. The lowest BCUT2D eigenvalue weighted by Gasteiger charge is -2.02. The Morgan fingerprint density at radius 3 is 2.28 bits per heavy atom. The molecule has 1 aromatic carbocycles. The summed E-state index contributed by atoms with van der Waals surface area (Å²) in [6, 6.07) is 3.80. The first-order chi connectivity index (χ1) is 8.52. The summed E-state index contributed by atoms with van der Waals surface area (Å²) in [4.78, 5) is 11.8. The summed E-state index contributed by atoms with van der Waals surface area (Å²) in [6.45, 7) is 1.81. The average Bonchev–Trinajstić information content (AvgIpc) is 2.75. The molecule has 2 rings (SSSR count). The summed E-state index contributed by atoms with van der Waals surface area (Å²) in [6.07, 6.45) is 0.557. The van der Waals surface area contributed by atoms with Gasteiger partial charge in [-0.15, -0.1) is 0 Å². The molecule has 0 aliphatic rings. The van der Waals surface area contributed by atoms with Crippen molar-refractivity contribution in [1.82, 2.24) is 0 Å². The van der Waals surface area contributed by atoms with Crippen LogP contribution in [0.5, 0.6) is 0 Å². The van der Waals surface area contributed by atoms with E-state index in [1.54, 1.807) is 6.07 Å². The Morgan fingerprint density at radius 1 is 1.17 bits per heavy atom. The quantitative estimate of drug-likeness (QED) is 0.785. The lowest BCUT2D eigenvalue weighted by molar-refractivity contribution is 0.0999. The van der Waals surface area contributed by atoms with Gasteiger partial charge in [0.2, 0.25) is 5.78 Å². The molecule has 0 saturated heterocycles. The molecule has 94 valence electrons. The number of hydrogen-bond acceptors (Lipinski definition) is 2. The van der Waals surface area contributed by atoms with Gasteiger partial charge < -0.3 is 4.42 Å². The van der Waals surface area contributed by atoms with E-state index in [1.165, 1.54) is 6.07 Å². The van der Waals surface area contributed by atoms with Crippen molar-refractivity contribution in [3.63, 3.8) is 0 Å². The molecule has 0 N–H and O–H groups in total. The van der Waals surface area contributed by atoms with Crippen LogP contribution in [0.25, 0.3) is 0 Å². The zero-order valence-corrected chi connectivity index (χ0v) is 9.47. The first-order valence-corrected chi connectivity index (χ1v) is 5.31. The maximum atomic E-state index is 13.4. The third-order valence-electron chi connectivity index (χ3n) is 2.47. The molecule has 0 unspecified atom stereocenters. The smallest absolute Gasteiger partial charge is 0.234 e. The number of ketones is 1. The topological polar surface area (TPSA) is 30.2 Å². The summed E-state index contributed by atoms with van der Waals surface area (Å²) in [5.41, 5.74) is -0.812. The Morgan fingerprint density at radius 2 is 1.78 bits per heavy atom. The van der Waals surface area contributed by atoms with Crippen molar-refractivity contribution in [2.75, 3.05) is 0 Å². The summed E-state index contributed by atoms with van der Waals surface area (Å²) < 4.78 is 44.6. The van der Waals surface area contributed by atoms with Gasteiger partial charge >= 0.3 is 0 Å². The van der Waals surface area contributed by atoms with Gasteiger partial charge in [0, 0.05) is 18.6 Å². The van der Waals surface area contributed by atoms with Crippen molar-refractivity contribution in [3.8, 4) is 0 Å². The highest BCUT2D eigenvalue weighted by molar-refractivity contribution is 6.07. The van der Waals surface area contributed by atoms with E-state index in [2.05, 4.69) is 0 Å². The predicted octanol–water partition coefficient (Wildman–Crippen LogP) is 3.49. The Kier molecular flexibility index (Phi) is 3.23. The SMILES string of the molecule is CCc1ccc(C(=O)c2c(F)cc(F)cc2F)o1. The van der Waals surface area contributed by atoms with Crippen molar-refractivity contribution < 1.29 is 22.4 Å². The molecule has 0 fully saturated rings. The van der Waals surface area contributed by atoms with Gasteiger partial charge in [0.25, 0.3) is 0 Å². The average molecular weight is 254 g/mol. The first kappa shape index (κ1) is 12.4. The number of carbonyl (C=O) groups is 1. The molecular formula is C13H9F3O2. The van der Waals surface area contributed by atoms with Gasteiger partial charge in [0.05, 0.1) is 5.56 Å². The van der Waals surface area contributed by atoms with Gasteiger partial charge in [-0.25, -0.2) is 13.2 Å². The molecule has 0 aliphatic carbocycles. The van der Waals surface area contributed by atoms with E-state index in [0.29, 0.717) is 24.3 Å². The van der Waals surface area contributed by atoms with E-state index in [9.17, 15) is 18.0 Å². The summed E-state index contributed by atoms with van der Waals surface area (Å²) in [5, 5.41) is 0. The first-order valence-electron chi connectivity index (χ1n) is 5.31. The second kappa shape index (κ2) is 4.68. The van der Waals surface area contributed by atoms with E-state index < -0.39 is 28.8 Å². The van der Waals surface area contributed by atoms with Crippen LogP contribution < -0.4 is 0 Å². The molecule has 0 amide bonds. The molecule has 0 radical (unpaired) electrons. The van der Waals surface area contributed by atoms with Gasteiger partial charge in [-0.1, -0.05) is 6.92 Å². The molecule has 1 heterocycles. The summed E-state index contributed by atoms with van der Waals surface area (Å²) in [7, 11) is 0. The molecule has 5 heteroatoms. The summed E-state index contributed by atoms with van der Waals surface area (Å²) >= 11 is 0. The molecule has 18 heavy (non-hydrogen) atoms. The standard InChI is InChI=1S/C13H9F3O2/c1-2-8-3-4-11(18-8)13(17)12-9(15)5-7(14)6-10(12)16/h3-6H,2H2,1H3. The highest BCUT2D eigenvalue weighted by Crippen LogP contribution is 2.20. The fraction of sp³-hybridized carbons (Fsp3) is 0.154. The highest BCUT2D eigenvalue weighted by Gasteiger charge is 2.22. The van der Waals surface area contributed by atoms with Gasteiger partial charge in [-0.2, -0.15) is 0 Å². The number of benzene rings is 1. The van der Waals surface area contributed by atoms with Crippen LogP contribution in [0.3, 0.4) is 0 Å². The molecule has 2 aromatic rings. The van der Waals surface area contributed by atoms with Crippen LogP contribution in [0.2, 0.25) is 0 Å². The van der Waals surface area contributed by atoms with Crippen molar-refractivity contribution in [1.29, 1.82) is 0 Å². The Balaban J connectivity index is 2.46. The number of aryl methyl sites for hydroxylation is 1. The Hall–Kier alpha value is -2.04. The zero-order chi connectivity index (χ0) is 13.3. The van der Waals surface area contributed by atoms with E-state index in [0.717, 1.165) is 0 Å². The molecule has 0 atom stereocenters. The third-order valence-corrected chi connectivity index (χ3v) is 2.47. The van der Waals surface area contributed by atoms with Gasteiger partial charge in [0.15, 0.2) is 5.76 Å². The van der Waals surface area contributed by atoms with Crippen LogP contribution in [0.15, 0.2) is 28.7 Å². The normalized spacial score (nSPS) is 10.7. The van der Waals surface area contributed by atoms with E-state index in [4.69, 9.17) is 4.42 Å². The second-order valence-corrected chi connectivity index (χ2v) is 3.69. The zero-order valence-electron chi connectivity index (χ0n) is 9.47. The van der Waals surface area contributed by atoms with Crippen molar-refractivity contribution in [2.45, 2.75) is 13.3 Å². The second-order valence-electron chi connectivity index (χ2n) is 3.69. The minimum atomic E-state index is -1.24. The third kappa shape index (κ3) is 2.16. The molecule has 2 nitrogen and oxygen atoms in total. The number of furan rings is 1. The largest absolute Gasteiger partial charge is 0.458 e. The number of hydrogen-bond donors (Lipinski definition) is 0. The Bertz CT molecular complexity index is 579. The fourth-order valence-corrected chi connectivity index (χ4v) is 1.57. The highest BCUT2D eigenvalue weighted by atomic mass is 19.1. The van der Waals surface area contributed by atoms with E-state index in [-0.39, 0.29) is 5.76 Å². The van der Waals surface area contributed by atoms with Crippen LogP contribution >= 0.6 is 0 Å². The van der Waals surface area contributed by atoms with Crippen LogP contribution in [0.4, 0.5) is 13.2 Å². The van der Waals surface area contributed by atoms with Crippen molar-refractivity contribution in [3.05, 3.63) is 58.8 Å². The molecule has 0 aliphatic heterocycles. The van der Waals surface area contributed by atoms with E-state index in [1.807, 2.05) is 6.92 Å². The molecular weight excluding hydrogens is 245 g/mol. The number of carbonyl (C=O) groups excluding carboxylic acids is 1. The van der Waals surface area contributed by atoms with Crippen LogP contribution in [0.1, 0.15) is 28.8 Å². The van der Waals surface area contributed by atoms with Crippen molar-refractivity contribution >= 4 is 5.78 Å². The maximum absolute atomic E-state index is 13.4. The molecule has 0 bridgehead atoms. The van der Waals surface area contributed by atoms with Gasteiger partial charge in [-0.05, 0) is 12.1 Å². The molecule has 0 saturated carbocycles. The van der Waals surface area contributed by atoms with E-state index >= 15 is 0 Å². The monoisotopic (exact) mass is 254 g/mol. The summed E-state index contributed by atoms with van der Waals surface area (Å²) in [5.74, 6) is -4.14.